The van der Waals surface area contributed by atoms with Crippen LogP contribution in [0.5, 0.6) is 0 Å². The van der Waals surface area contributed by atoms with Gasteiger partial charge in [-0.1, -0.05) is 13.8 Å². The molecule has 0 saturated carbocycles. The van der Waals surface area contributed by atoms with Crippen molar-refractivity contribution in [3.05, 3.63) is 22.6 Å². The second-order valence-corrected chi connectivity index (χ2v) is 5.12. The summed E-state index contributed by atoms with van der Waals surface area (Å²) in [6.07, 6.45) is 2.64. The molecule has 5 nitrogen and oxygen atoms in total. The van der Waals surface area contributed by atoms with Gasteiger partial charge in [0.05, 0.1) is 11.9 Å². The molecule has 0 bridgehead atoms. The van der Waals surface area contributed by atoms with Gasteiger partial charge in [-0.15, -0.1) is 0 Å². The molecule has 0 aliphatic heterocycles. The maximum Gasteiger partial charge on any atom is 0.268 e. The third-order valence-corrected chi connectivity index (χ3v) is 2.65. The van der Waals surface area contributed by atoms with Crippen molar-refractivity contribution in [1.82, 2.24) is 15.1 Å². The monoisotopic (exact) mass is 252 g/mol. The Hall–Kier alpha value is -1.36. The minimum Gasteiger partial charge on any atom is -0.376 e. The zero-order valence-corrected chi connectivity index (χ0v) is 11.8. The van der Waals surface area contributed by atoms with Crippen molar-refractivity contribution >= 4 is 5.69 Å². The highest BCUT2D eigenvalue weighted by molar-refractivity contribution is 5.40. The average Bonchev–Trinajstić information content (AvgIpc) is 2.29. The molecular weight excluding hydrogens is 228 g/mol. The van der Waals surface area contributed by atoms with Crippen LogP contribution in [0.25, 0.3) is 0 Å². The van der Waals surface area contributed by atoms with Crippen molar-refractivity contribution in [3.63, 3.8) is 0 Å². The smallest absolute Gasteiger partial charge is 0.268 e. The lowest BCUT2D eigenvalue weighted by Gasteiger charge is -2.12. The Kier molecular flexibility index (Phi) is 5.85. The molecule has 18 heavy (non-hydrogen) atoms. The second-order valence-electron chi connectivity index (χ2n) is 5.12. The average molecular weight is 252 g/mol. The Bertz CT molecular complexity index is 412. The van der Waals surface area contributed by atoms with Crippen LogP contribution in [0.15, 0.2) is 17.1 Å². The summed E-state index contributed by atoms with van der Waals surface area (Å²) in [5, 5.41) is 7.52. The first-order chi connectivity index (χ1) is 8.50. The first kappa shape index (κ1) is 14.7. The molecule has 102 valence electrons. The molecule has 0 aromatic carbocycles. The van der Waals surface area contributed by atoms with Crippen LogP contribution in [0, 0.1) is 5.92 Å². The van der Waals surface area contributed by atoms with E-state index in [1.165, 1.54) is 4.68 Å². The van der Waals surface area contributed by atoms with Gasteiger partial charge in [-0.2, -0.15) is 5.10 Å². The Balaban J connectivity index is 2.41. The maximum atomic E-state index is 11.8. The molecule has 0 amide bonds. The van der Waals surface area contributed by atoms with E-state index in [1.54, 1.807) is 12.3 Å². The first-order valence-electron chi connectivity index (χ1n) is 6.46. The van der Waals surface area contributed by atoms with E-state index in [4.69, 9.17) is 0 Å². The SMILES string of the molecule is CC(C)CNCCCn1ncc(N(C)C)cc1=O. The number of nitrogens with one attached hydrogen (secondary N) is 1. The molecular formula is C13H24N4O. The Morgan fingerprint density at radius 3 is 2.72 bits per heavy atom. The molecule has 1 heterocycles. The highest BCUT2D eigenvalue weighted by Crippen LogP contribution is 2.03. The van der Waals surface area contributed by atoms with Crippen molar-refractivity contribution in [2.75, 3.05) is 32.1 Å². The topological polar surface area (TPSA) is 50.2 Å². The van der Waals surface area contributed by atoms with Gasteiger partial charge in [0.25, 0.3) is 5.56 Å². The summed E-state index contributed by atoms with van der Waals surface area (Å²) in [4.78, 5) is 13.6. The van der Waals surface area contributed by atoms with E-state index in [-0.39, 0.29) is 5.56 Å². The summed E-state index contributed by atoms with van der Waals surface area (Å²) < 4.78 is 1.52. The predicted molar refractivity (Wildman–Crippen MR) is 75.1 cm³/mol. The summed E-state index contributed by atoms with van der Waals surface area (Å²) in [6, 6.07) is 1.62. The number of hydrogen-bond acceptors (Lipinski definition) is 4. The molecule has 1 N–H and O–H groups in total. The van der Waals surface area contributed by atoms with Gasteiger partial charge in [-0.05, 0) is 25.4 Å². The summed E-state index contributed by atoms with van der Waals surface area (Å²) in [7, 11) is 3.80. The lowest BCUT2D eigenvalue weighted by Crippen LogP contribution is -2.27. The quantitative estimate of drug-likeness (QED) is 0.734. The predicted octanol–water partition coefficient (Wildman–Crippen LogP) is 0.945. The normalized spacial score (nSPS) is 10.9. The minimum atomic E-state index is -0.0370. The lowest BCUT2D eigenvalue weighted by atomic mass is 10.2. The summed E-state index contributed by atoms with van der Waals surface area (Å²) >= 11 is 0. The number of rotatable bonds is 7. The third kappa shape index (κ3) is 4.87. The van der Waals surface area contributed by atoms with Gasteiger partial charge in [0, 0.05) is 26.7 Å². The first-order valence-corrected chi connectivity index (χ1v) is 6.46. The molecule has 0 fully saturated rings. The van der Waals surface area contributed by atoms with Crippen LogP contribution < -0.4 is 15.8 Å². The van der Waals surface area contributed by atoms with Gasteiger partial charge in [-0.3, -0.25) is 4.79 Å². The highest BCUT2D eigenvalue weighted by Gasteiger charge is 2.01. The zero-order valence-electron chi connectivity index (χ0n) is 11.8. The molecule has 0 spiro atoms. The standard InChI is InChI=1S/C13H24N4O/c1-11(2)9-14-6-5-7-17-13(18)8-12(10-15-17)16(3)4/h8,10-11,14H,5-7,9H2,1-4H3. The van der Waals surface area contributed by atoms with Crippen LogP contribution in [-0.2, 0) is 6.54 Å². The van der Waals surface area contributed by atoms with Crippen LogP contribution in [0.2, 0.25) is 0 Å². The number of aromatic nitrogens is 2. The van der Waals surface area contributed by atoms with Crippen molar-refractivity contribution in [2.24, 2.45) is 5.92 Å². The van der Waals surface area contributed by atoms with Crippen LogP contribution in [0.1, 0.15) is 20.3 Å². The van der Waals surface area contributed by atoms with Crippen LogP contribution in [0.3, 0.4) is 0 Å². The van der Waals surface area contributed by atoms with E-state index in [9.17, 15) is 4.79 Å². The molecule has 0 unspecified atom stereocenters. The van der Waals surface area contributed by atoms with E-state index in [0.717, 1.165) is 25.2 Å². The van der Waals surface area contributed by atoms with Crippen LogP contribution >= 0.6 is 0 Å². The van der Waals surface area contributed by atoms with Crippen LogP contribution in [-0.4, -0.2) is 37.0 Å². The van der Waals surface area contributed by atoms with E-state index < -0.39 is 0 Å². The molecule has 1 rings (SSSR count). The highest BCUT2D eigenvalue weighted by atomic mass is 16.1. The molecule has 1 aromatic rings. The van der Waals surface area contributed by atoms with Crippen molar-refractivity contribution in [3.8, 4) is 0 Å². The largest absolute Gasteiger partial charge is 0.376 e. The zero-order chi connectivity index (χ0) is 13.5. The minimum absolute atomic E-state index is 0.0370. The maximum absolute atomic E-state index is 11.8. The fraction of sp³-hybridized carbons (Fsp3) is 0.692. The Morgan fingerprint density at radius 1 is 1.44 bits per heavy atom. The molecule has 5 heteroatoms. The van der Waals surface area contributed by atoms with Gasteiger partial charge in [0.2, 0.25) is 0 Å². The number of nitrogens with zero attached hydrogens (tertiary/aromatic N) is 3. The molecule has 0 radical (unpaired) electrons. The van der Waals surface area contributed by atoms with Gasteiger partial charge in [-0.25, -0.2) is 4.68 Å². The molecule has 0 saturated heterocycles. The Morgan fingerprint density at radius 2 is 2.17 bits per heavy atom. The fourth-order valence-corrected chi connectivity index (χ4v) is 1.58. The molecule has 0 atom stereocenters. The molecule has 1 aromatic heterocycles. The van der Waals surface area contributed by atoms with E-state index >= 15 is 0 Å². The van der Waals surface area contributed by atoms with Crippen molar-refractivity contribution in [2.45, 2.75) is 26.8 Å². The fourth-order valence-electron chi connectivity index (χ4n) is 1.58. The molecule has 0 aliphatic carbocycles. The Labute approximate surface area is 109 Å². The van der Waals surface area contributed by atoms with E-state index in [1.807, 2.05) is 19.0 Å². The summed E-state index contributed by atoms with van der Waals surface area (Å²) in [5.74, 6) is 0.658. The second kappa shape index (κ2) is 7.16. The van der Waals surface area contributed by atoms with Gasteiger partial charge < -0.3 is 10.2 Å². The van der Waals surface area contributed by atoms with Crippen molar-refractivity contribution in [1.29, 1.82) is 0 Å². The van der Waals surface area contributed by atoms with Crippen molar-refractivity contribution < 1.29 is 0 Å². The summed E-state index contributed by atoms with van der Waals surface area (Å²) in [5.41, 5.74) is 0.805. The van der Waals surface area contributed by atoms with Gasteiger partial charge in [0.15, 0.2) is 0 Å². The summed E-state index contributed by atoms with van der Waals surface area (Å²) in [6.45, 7) is 6.96. The van der Waals surface area contributed by atoms with E-state index in [0.29, 0.717) is 12.5 Å². The number of hydrogen-bond donors (Lipinski definition) is 1. The van der Waals surface area contributed by atoms with Gasteiger partial charge >= 0.3 is 0 Å². The van der Waals surface area contributed by atoms with Crippen LogP contribution in [0.4, 0.5) is 5.69 Å². The molecule has 0 aliphatic rings. The number of anilines is 1. The van der Waals surface area contributed by atoms with Gasteiger partial charge in [0.1, 0.15) is 0 Å². The third-order valence-electron chi connectivity index (χ3n) is 2.65. The lowest BCUT2D eigenvalue weighted by molar-refractivity contribution is 0.495. The van der Waals surface area contributed by atoms with E-state index in [2.05, 4.69) is 24.3 Å². The number of aryl methyl sites for hydroxylation is 1.